The molecule has 3 rings (SSSR count). The quantitative estimate of drug-likeness (QED) is 0.794. The van der Waals surface area contributed by atoms with Crippen molar-refractivity contribution in [3.63, 3.8) is 0 Å². The van der Waals surface area contributed by atoms with Gasteiger partial charge in [0.25, 0.3) is 0 Å². The lowest BCUT2D eigenvalue weighted by Crippen LogP contribution is -2.14. The van der Waals surface area contributed by atoms with E-state index in [1.54, 1.807) is 11.3 Å². The third-order valence-electron chi connectivity index (χ3n) is 3.32. The maximum absolute atomic E-state index is 4.62. The van der Waals surface area contributed by atoms with E-state index in [-0.39, 0.29) is 0 Å². The van der Waals surface area contributed by atoms with Crippen LogP contribution in [0.25, 0.3) is 10.2 Å². The molecule has 5 heteroatoms. The highest BCUT2D eigenvalue weighted by Crippen LogP contribution is 2.33. The molecule has 0 saturated carbocycles. The van der Waals surface area contributed by atoms with Crippen LogP contribution in [-0.2, 0) is 0 Å². The molecule has 0 unspecified atom stereocenters. The molecule has 0 radical (unpaired) electrons. The predicted molar refractivity (Wildman–Crippen MR) is 86.2 cm³/mol. The van der Waals surface area contributed by atoms with E-state index in [1.807, 2.05) is 31.6 Å². The van der Waals surface area contributed by atoms with Gasteiger partial charge in [-0.15, -0.1) is 11.3 Å². The minimum Gasteiger partial charge on any atom is -0.357 e. The number of benzene rings is 1. The minimum atomic E-state index is 0.649. The van der Waals surface area contributed by atoms with Crippen molar-refractivity contribution in [3.8, 4) is 0 Å². The molecular formula is C15H16N4S. The molecule has 0 aliphatic rings. The summed E-state index contributed by atoms with van der Waals surface area (Å²) in [4.78, 5) is 12.2. The van der Waals surface area contributed by atoms with Crippen LogP contribution in [0.4, 0.5) is 17.5 Å². The van der Waals surface area contributed by atoms with E-state index >= 15 is 0 Å². The minimum absolute atomic E-state index is 0.649. The van der Waals surface area contributed by atoms with E-state index in [4.69, 9.17) is 0 Å². The van der Waals surface area contributed by atoms with Crippen LogP contribution in [0.1, 0.15) is 5.56 Å². The van der Waals surface area contributed by atoms with Crippen molar-refractivity contribution in [2.24, 2.45) is 0 Å². The number of hydrogen-bond acceptors (Lipinski definition) is 5. The molecular weight excluding hydrogens is 268 g/mol. The van der Waals surface area contributed by atoms with Gasteiger partial charge in [-0.1, -0.05) is 18.2 Å². The average Bonchev–Trinajstić information content (AvgIpc) is 2.94. The van der Waals surface area contributed by atoms with Crippen molar-refractivity contribution in [3.05, 3.63) is 41.3 Å². The van der Waals surface area contributed by atoms with Crippen LogP contribution in [0.5, 0.6) is 0 Å². The van der Waals surface area contributed by atoms with Gasteiger partial charge in [-0.25, -0.2) is 4.98 Å². The summed E-state index contributed by atoms with van der Waals surface area (Å²) in [5.41, 5.74) is 2.38. The highest BCUT2D eigenvalue weighted by molar-refractivity contribution is 7.16. The molecule has 4 nitrogen and oxygen atoms in total. The summed E-state index contributed by atoms with van der Waals surface area (Å²) in [6.07, 6.45) is 0. The van der Waals surface area contributed by atoms with Crippen LogP contribution in [0.15, 0.2) is 35.7 Å². The van der Waals surface area contributed by atoms with Gasteiger partial charge in [0.15, 0.2) is 0 Å². The Bertz CT molecular complexity index is 750. The molecule has 0 aliphatic carbocycles. The van der Waals surface area contributed by atoms with Crippen LogP contribution < -0.4 is 10.2 Å². The highest BCUT2D eigenvalue weighted by Gasteiger charge is 2.14. The first-order valence-corrected chi connectivity index (χ1v) is 7.31. The first kappa shape index (κ1) is 12.9. The van der Waals surface area contributed by atoms with Gasteiger partial charge in [0, 0.05) is 19.8 Å². The molecule has 2 aromatic heterocycles. The van der Waals surface area contributed by atoms with Gasteiger partial charge in [0.05, 0.1) is 5.39 Å². The van der Waals surface area contributed by atoms with Gasteiger partial charge in [0.1, 0.15) is 10.6 Å². The number of aryl methyl sites for hydroxylation is 1. The number of fused-ring (bicyclic) bond motifs is 1. The van der Waals surface area contributed by atoms with Gasteiger partial charge in [-0.05, 0) is 30.0 Å². The molecule has 0 atom stereocenters. The Morgan fingerprint density at radius 1 is 1.15 bits per heavy atom. The van der Waals surface area contributed by atoms with Crippen molar-refractivity contribution in [2.75, 3.05) is 24.3 Å². The van der Waals surface area contributed by atoms with Crippen LogP contribution in [0.3, 0.4) is 0 Å². The smallest absolute Gasteiger partial charge is 0.225 e. The SMILES string of the molecule is CNc1nc(N(C)c2ccccc2C)c2ccsc2n1. The molecule has 0 bridgehead atoms. The summed E-state index contributed by atoms with van der Waals surface area (Å²) in [6, 6.07) is 10.4. The summed E-state index contributed by atoms with van der Waals surface area (Å²) < 4.78 is 0. The monoisotopic (exact) mass is 284 g/mol. The summed E-state index contributed by atoms with van der Waals surface area (Å²) in [6.45, 7) is 2.11. The molecule has 102 valence electrons. The number of rotatable bonds is 3. The standard InChI is InChI=1S/C15H16N4S/c1-10-6-4-5-7-12(10)19(3)13-11-8-9-20-14(11)18-15(16-2)17-13/h4-9H,1-3H3,(H,16,17,18). The Balaban J connectivity index is 2.18. The molecule has 3 aromatic rings. The Morgan fingerprint density at radius 3 is 2.70 bits per heavy atom. The molecule has 2 heterocycles. The Labute approximate surface area is 122 Å². The molecule has 1 aromatic carbocycles. The zero-order valence-electron chi connectivity index (χ0n) is 11.7. The number of hydrogen-bond donors (Lipinski definition) is 1. The Hall–Kier alpha value is -2.14. The van der Waals surface area contributed by atoms with E-state index in [9.17, 15) is 0 Å². The van der Waals surface area contributed by atoms with Gasteiger partial charge < -0.3 is 10.2 Å². The van der Waals surface area contributed by atoms with Gasteiger partial charge in [-0.3, -0.25) is 0 Å². The van der Waals surface area contributed by atoms with Crippen molar-refractivity contribution in [2.45, 2.75) is 6.92 Å². The third-order valence-corrected chi connectivity index (χ3v) is 4.13. The first-order valence-electron chi connectivity index (χ1n) is 6.43. The fraction of sp³-hybridized carbons (Fsp3) is 0.200. The van der Waals surface area contributed by atoms with Crippen molar-refractivity contribution < 1.29 is 0 Å². The fourth-order valence-electron chi connectivity index (χ4n) is 2.26. The van der Waals surface area contributed by atoms with E-state index in [0.29, 0.717) is 5.95 Å². The van der Waals surface area contributed by atoms with Crippen molar-refractivity contribution >= 4 is 39.0 Å². The number of thiophene rings is 1. The number of para-hydroxylation sites is 1. The van der Waals surface area contributed by atoms with Gasteiger partial charge >= 0.3 is 0 Å². The van der Waals surface area contributed by atoms with E-state index in [0.717, 1.165) is 21.7 Å². The molecule has 0 saturated heterocycles. The summed E-state index contributed by atoms with van der Waals surface area (Å²) in [5, 5.41) is 6.16. The molecule has 0 amide bonds. The normalized spacial score (nSPS) is 10.8. The topological polar surface area (TPSA) is 41.1 Å². The first-order chi connectivity index (χ1) is 9.70. The van der Waals surface area contributed by atoms with Crippen LogP contribution in [0.2, 0.25) is 0 Å². The number of nitrogens with one attached hydrogen (secondary N) is 1. The zero-order valence-corrected chi connectivity index (χ0v) is 12.5. The second-order valence-electron chi connectivity index (χ2n) is 4.61. The molecule has 0 spiro atoms. The van der Waals surface area contributed by atoms with E-state index in [2.05, 4.69) is 45.3 Å². The molecule has 0 fully saturated rings. The number of aromatic nitrogens is 2. The third kappa shape index (κ3) is 2.10. The largest absolute Gasteiger partial charge is 0.357 e. The van der Waals surface area contributed by atoms with Crippen LogP contribution >= 0.6 is 11.3 Å². The summed E-state index contributed by atoms with van der Waals surface area (Å²) in [5.74, 6) is 1.57. The van der Waals surface area contributed by atoms with Gasteiger partial charge in [-0.2, -0.15) is 4.98 Å². The summed E-state index contributed by atoms with van der Waals surface area (Å²) in [7, 11) is 3.88. The van der Waals surface area contributed by atoms with E-state index < -0.39 is 0 Å². The second kappa shape index (κ2) is 5.09. The molecule has 20 heavy (non-hydrogen) atoms. The Morgan fingerprint density at radius 2 is 1.95 bits per heavy atom. The van der Waals surface area contributed by atoms with E-state index in [1.165, 1.54) is 5.56 Å². The van der Waals surface area contributed by atoms with Crippen molar-refractivity contribution in [1.82, 2.24) is 9.97 Å². The lowest BCUT2D eigenvalue weighted by Gasteiger charge is -2.21. The zero-order chi connectivity index (χ0) is 14.1. The second-order valence-corrected chi connectivity index (χ2v) is 5.50. The van der Waals surface area contributed by atoms with Crippen molar-refractivity contribution in [1.29, 1.82) is 0 Å². The molecule has 1 N–H and O–H groups in total. The maximum atomic E-state index is 4.62. The van der Waals surface area contributed by atoms with Gasteiger partial charge in [0.2, 0.25) is 5.95 Å². The average molecular weight is 284 g/mol. The lowest BCUT2D eigenvalue weighted by atomic mass is 10.2. The fourth-order valence-corrected chi connectivity index (χ4v) is 3.02. The predicted octanol–water partition coefficient (Wildman–Crippen LogP) is 3.81. The Kier molecular flexibility index (Phi) is 3.28. The molecule has 0 aliphatic heterocycles. The van der Waals surface area contributed by atoms with Crippen LogP contribution in [0, 0.1) is 6.92 Å². The van der Waals surface area contributed by atoms with Crippen LogP contribution in [-0.4, -0.2) is 24.1 Å². The maximum Gasteiger partial charge on any atom is 0.225 e. The highest BCUT2D eigenvalue weighted by atomic mass is 32.1. The summed E-state index contributed by atoms with van der Waals surface area (Å²) >= 11 is 1.63. The lowest BCUT2D eigenvalue weighted by molar-refractivity contribution is 1.10. The number of anilines is 3. The number of nitrogens with zero attached hydrogens (tertiary/aromatic N) is 3.